The topological polar surface area (TPSA) is 46.1 Å². The Bertz CT molecular complexity index is 1010. The van der Waals surface area contributed by atoms with Crippen LogP contribution in [0.2, 0.25) is 0 Å². The molecule has 0 spiro atoms. The highest BCUT2D eigenvalue weighted by Crippen LogP contribution is 2.17. The van der Waals surface area contributed by atoms with Crippen molar-refractivity contribution in [1.29, 1.82) is 0 Å². The van der Waals surface area contributed by atoms with Crippen molar-refractivity contribution in [1.82, 2.24) is 14.9 Å². The molecule has 1 amide bonds. The van der Waals surface area contributed by atoms with Gasteiger partial charge in [-0.2, -0.15) is 0 Å². The Morgan fingerprint density at radius 2 is 1.24 bits per heavy atom. The molecular formula is C25H21N3O. The van der Waals surface area contributed by atoms with E-state index in [1.807, 2.05) is 95.9 Å². The van der Waals surface area contributed by atoms with Crippen molar-refractivity contribution in [2.45, 2.75) is 13.1 Å². The van der Waals surface area contributed by atoms with Gasteiger partial charge in [-0.25, -0.2) is 0 Å². The van der Waals surface area contributed by atoms with E-state index in [2.05, 4.69) is 9.97 Å². The average Bonchev–Trinajstić information content (AvgIpc) is 2.80. The lowest BCUT2D eigenvalue weighted by Crippen LogP contribution is -2.30. The van der Waals surface area contributed by atoms with Crippen LogP contribution >= 0.6 is 0 Å². The van der Waals surface area contributed by atoms with Gasteiger partial charge < -0.3 is 4.90 Å². The van der Waals surface area contributed by atoms with E-state index < -0.39 is 0 Å². The van der Waals surface area contributed by atoms with Crippen molar-refractivity contribution in [2.75, 3.05) is 0 Å². The zero-order valence-corrected chi connectivity index (χ0v) is 16.0. The maximum absolute atomic E-state index is 13.3. The quantitative estimate of drug-likeness (QED) is 0.474. The Morgan fingerprint density at radius 3 is 1.76 bits per heavy atom. The molecule has 2 heterocycles. The minimum Gasteiger partial charge on any atom is -0.330 e. The fourth-order valence-corrected chi connectivity index (χ4v) is 3.18. The molecule has 0 aliphatic rings. The second-order valence-electron chi connectivity index (χ2n) is 6.78. The molecule has 0 saturated carbocycles. The van der Waals surface area contributed by atoms with Crippen molar-refractivity contribution in [3.8, 4) is 11.4 Å². The second kappa shape index (κ2) is 8.93. The Morgan fingerprint density at radius 1 is 0.655 bits per heavy atom. The number of aromatic nitrogens is 2. The summed E-state index contributed by atoms with van der Waals surface area (Å²) in [6, 6.07) is 29.4. The third kappa shape index (κ3) is 4.74. The first-order chi connectivity index (χ1) is 14.3. The number of rotatable bonds is 6. The second-order valence-corrected chi connectivity index (χ2v) is 6.78. The molecule has 0 unspecified atom stereocenters. The molecule has 4 rings (SSSR count). The van der Waals surface area contributed by atoms with Gasteiger partial charge in [0, 0.05) is 25.5 Å². The number of hydrogen-bond acceptors (Lipinski definition) is 3. The maximum Gasteiger partial charge on any atom is 0.256 e. The number of carbonyl (C=O) groups is 1. The lowest BCUT2D eigenvalue weighted by molar-refractivity contribution is 0.0729. The van der Waals surface area contributed by atoms with E-state index in [9.17, 15) is 4.79 Å². The maximum atomic E-state index is 13.3. The molecular weight excluding hydrogens is 358 g/mol. The first kappa shape index (κ1) is 18.6. The van der Waals surface area contributed by atoms with Gasteiger partial charge in [-0.05, 0) is 35.4 Å². The van der Waals surface area contributed by atoms with E-state index in [0.29, 0.717) is 18.7 Å². The molecule has 2 aromatic carbocycles. The summed E-state index contributed by atoms with van der Waals surface area (Å²) in [6.07, 6.45) is 3.37. The molecule has 4 nitrogen and oxygen atoms in total. The summed E-state index contributed by atoms with van der Waals surface area (Å²) in [6.45, 7) is 1.08. The summed E-state index contributed by atoms with van der Waals surface area (Å²) in [5, 5.41) is 0. The average molecular weight is 379 g/mol. The van der Waals surface area contributed by atoms with Crippen molar-refractivity contribution in [3.05, 3.63) is 120 Å². The largest absolute Gasteiger partial charge is 0.330 e. The summed E-state index contributed by atoms with van der Waals surface area (Å²) in [5.74, 6) is -0.0437. The van der Waals surface area contributed by atoms with Gasteiger partial charge in [0.2, 0.25) is 0 Å². The third-order valence-electron chi connectivity index (χ3n) is 4.66. The van der Waals surface area contributed by atoms with E-state index in [1.54, 1.807) is 12.4 Å². The molecule has 0 saturated heterocycles. The molecule has 0 aliphatic carbocycles. The molecule has 0 fully saturated rings. The summed E-state index contributed by atoms with van der Waals surface area (Å²) >= 11 is 0. The van der Waals surface area contributed by atoms with E-state index in [0.717, 1.165) is 22.5 Å². The molecule has 4 aromatic rings. The van der Waals surface area contributed by atoms with Crippen LogP contribution in [-0.2, 0) is 13.1 Å². The fraction of sp³-hybridized carbons (Fsp3) is 0.0800. The zero-order valence-electron chi connectivity index (χ0n) is 16.0. The van der Waals surface area contributed by atoms with Gasteiger partial charge in [-0.15, -0.1) is 0 Å². The van der Waals surface area contributed by atoms with Crippen molar-refractivity contribution in [2.24, 2.45) is 0 Å². The predicted octanol–water partition coefficient (Wildman–Crippen LogP) is 4.99. The van der Waals surface area contributed by atoms with Crippen LogP contribution in [0.15, 0.2) is 103 Å². The van der Waals surface area contributed by atoms with E-state index in [-0.39, 0.29) is 5.91 Å². The molecule has 0 aliphatic heterocycles. The van der Waals surface area contributed by atoms with E-state index >= 15 is 0 Å². The SMILES string of the molecule is O=C(c1ccc(-c2ccccn2)nc1)N(Cc1ccccc1)Cc1ccccc1. The fourth-order valence-electron chi connectivity index (χ4n) is 3.18. The van der Waals surface area contributed by atoms with Gasteiger partial charge in [-0.3, -0.25) is 14.8 Å². The van der Waals surface area contributed by atoms with Crippen LogP contribution in [0.5, 0.6) is 0 Å². The third-order valence-corrected chi connectivity index (χ3v) is 4.66. The van der Waals surface area contributed by atoms with Crippen molar-refractivity contribution in [3.63, 3.8) is 0 Å². The zero-order chi connectivity index (χ0) is 19.9. The van der Waals surface area contributed by atoms with Gasteiger partial charge in [0.15, 0.2) is 0 Å². The number of benzene rings is 2. The normalized spacial score (nSPS) is 10.5. The summed E-state index contributed by atoms with van der Waals surface area (Å²) in [5.41, 5.74) is 4.29. The monoisotopic (exact) mass is 379 g/mol. The molecule has 0 bridgehead atoms. The van der Waals surface area contributed by atoms with Crippen LogP contribution in [0.4, 0.5) is 0 Å². The standard InChI is InChI=1S/C25H21N3O/c29-25(22-14-15-24(27-17-22)23-13-7-8-16-26-23)28(18-20-9-3-1-4-10-20)19-21-11-5-2-6-12-21/h1-17H,18-19H2. The Balaban J connectivity index is 1.58. The van der Waals surface area contributed by atoms with Gasteiger partial charge in [-0.1, -0.05) is 66.7 Å². The van der Waals surface area contributed by atoms with Crippen molar-refractivity contribution >= 4 is 5.91 Å². The molecule has 4 heteroatoms. The smallest absolute Gasteiger partial charge is 0.256 e. The van der Waals surface area contributed by atoms with Crippen LogP contribution in [-0.4, -0.2) is 20.8 Å². The highest BCUT2D eigenvalue weighted by atomic mass is 16.2. The molecule has 29 heavy (non-hydrogen) atoms. The highest BCUT2D eigenvalue weighted by Gasteiger charge is 2.17. The van der Waals surface area contributed by atoms with Crippen LogP contribution in [0.25, 0.3) is 11.4 Å². The lowest BCUT2D eigenvalue weighted by atomic mass is 10.1. The summed E-state index contributed by atoms with van der Waals surface area (Å²) < 4.78 is 0. The van der Waals surface area contributed by atoms with Gasteiger partial charge in [0.25, 0.3) is 5.91 Å². The minimum absolute atomic E-state index is 0.0437. The molecule has 0 N–H and O–H groups in total. The number of pyridine rings is 2. The number of carbonyl (C=O) groups excluding carboxylic acids is 1. The van der Waals surface area contributed by atoms with Crippen LogP contribution in [0.3, 0.4) is 0 Å². The predicted molar refractivity (Wildman–Crippen MR) is 114 cm³/mol. The minimum atomic E-state index is -0.0437. The first-order valence-corrected chi connectivity index (χ1v) is 9.54. The van der Waals surface area contributed by atoms with E-state index in [4.69, 9.17) is 0 Å². The Kier molecular flexibility index (Phi) is 5.72. The number of nitrogens with zero attached hydrogens (tertiary/aromatic N) is 3. The van der Waals surface area contributed by atoms with Crippen molar-refractivity contribution < 1.29 is 4.79 Å². The molecule has 2 aromatic heterocycles. The van der Waals surface area contributed by atoms with Gasteiger partial charge in [0.05, 0.1) is 17.0 Å². The summed E-state index contributed by atoms with van der Waals surface area (Å²) in [7, 11) is 0. The van der Waals surface area contributed by atoms with Gasteiger partial charge in [0.1, 0.15) is 0 Å². The van der Waals surface area contributed by atoms with Crippen LogP contribution < -0.4 is 0 Å². The summed E-state index contributed by atoms with van der Waals surface area (Å²) in [4.78, 5) is 23.9. The Hall–Kier alpha value is -3.79. The van der Waals surface area contributed by atoms with Crippen LogP contribution in [0, 0.1) is 0 Å². The lowest BCUT2D eigenvalue weighted by Gasteiger charge is -2.23. The number of hydrogen-bond donors (Lipinski definition) is 0. The number of amides is 1. The molecule has 0 atom stereocenters. The van der Waals surface area contributed by atoms with Crippen LogP contribution in [0.1, 0.15) is 21.5 Å². The first-order valence-electron chi connectivity index (χ1n) is 9.54. The molecule has 142 valence electrons. The Labute approximate surface area is 170 Å². The molecule has 0 radical (unpaired) electrons. The highest BCUT2D eigenvalue weighted by molar-refractivity contribution is 5.94. The van der Waals surface area contributed by atoms with E-state index in [1.165, 1.54) is 0 Å². The van der Waals surface area contributed by atoms with Gasteiger partial charge >= 0.3 is 0 Å².